The number of carbonyl (C=O) groups is 1. The number of hydrogen-bond donors (Lipinski definition) is 0. The van der Waals surface area contributed by atoms with Gasteiger partial charge in [-0.05, 0) is 43.7 Å². The Bertz CT molecular complexity index is 1230. The minimum Gasteiger partial charge on any atom is -0.336 e. The Kier molecular flexibility index (Phi) is 5.06. The summed E-state index contributed by atoms with van der Waals surface area (Å²) in [5.74, 6) is 1.42. The predicted molar refractivity (Wildman–Crippen MR) is 120 cm³/mol. The van der Waals surface area contributed by atoms with Gasteiger partial charge in [-0.2, -0.15) is 0 Å². The number of amides is 1. The zero-order valence-corrected chi connectivity index (χ0v) is 18.4. The van der Waals surface area contributed by atoms with Crippen LogP contribution in [0.5, 0.6) is 0 Å². The lowest BCUT2D eigenvalue weighted by Crippen LogP contribution is -2.52. The molecule has 2 saturated heterocycles. The standard InChI is InChI=1S/C23H26N4O3S/c1-17-24-21-15-18(7-8-22(21)27(17)19-5-3-2-4-6-19)23(28)26-12-10-25(11-13-26)20-9-14-31(29,30)16-20/h2-8,15,20H,9-14,16H2,1H3/t20-/m0/s1. The van der Waals surface area contributed by atoms with Crippen LogP contribution < -0.4 is 0 Å². The number of hydrogen-bond acceptors (Lipinski definition) is 5. The monoisotopic (exact) mass is 438 g/mol. The summed E-state index contributed by atoms with van der Waals surface area (Å²) in [4.78, 5) is 21.9. The molecular formula is C23H26N4O3S. The molecule has 0 radical (unpaired) electrons. The van der Waals surface area contributed by atoms with Crippen LogP contribution >= 0.6 is 0 Å². The van der Waals surface area contributed by atoms with Gasteiger partial charge in [-0.25, -0.2) is 13.4 Å². The Morgan fingerprint density at radius 2 is 1.77 bits per heavy atom. The van der Waals surface area contributed by atoms with E-state index in [2.05, 4.69) is 14.5 Å². The van der Waals surface area contributed by atoms with Crippen molar-refractivity contribution in [2.75, 3.05) is 37.7 Å². The second-order valence-electron chi connectivity index (χ2n) is 8.42. The molecule has 7 nitrogen and oxygen atoms in total. The molecule has 5 rings (SSSR count). The first kappa shape index (κ1) is 20.2. The van der Waals surface area contributed by atoms with E-state index in [1.54, 1.807) is 0 Å². The summed E-state index contributed by atoms with van der Waals surface area (Å²) >= 11 is 0. The highest BCUT2D eigenvalue weighted by Crippen LogP contribution is 2.24. The third-order valence-corrected chi connectivity index (χ3v) is 8.16. The van der Waals surface area contributed by atoms with Crippen LogP contribution in [0.3, 0.4) is 0 Å². The predicted octanol–water partition coefficient (Wildman–Crippen LogP) is 2.28. The fraction of sp³-hybridized carbons (Fsp3) is 0.391. The Morgan fingerprint density at radius 1 is 1.03 bits per heavy atom. The summed E-state index contributed by atoms with van der Waals surface area (Å²) in [7, 11) is -2.89. The maximum atomic E-state index is 13.1. The lowest BCUT2D eigenvalue weighted by molar-refractivity contribution is 0.0588. The normalized spacial score (nSPS) is 21.6. The van der Waals surface area contributed by atoms with Crippen molar-refractivity contribution in [2.24, 2.45) is 0 Å². The van der Waals surface area contributed by atoms with Gasteiger partial charge in [0, 0.05) is 43.5 Å². The molecule has 2 aliphatic heterocycles. The number of sulfone groups is 1. The molecule has 2 fully saturated rings. The zero-order chi connectivity index (χ0) is 21.6. The second-order valence-corrected chi connectivity index (χ2v) is 10.6. The highest BCUT2D eigenvalue weighted by atomic mass is 32.2. The van der Waals surface area contributed by atoms with Crippen molar-refractivity contribution >= 4 is 26.8 Å². The molecule has 0 N–H and O–H groups in total. The van der Waals surface area contributed by atoms with E-state index in [0.717, 1.165) is 35.6 Å². The average Bonchev–Trinajstić information content (AvgIpc) is 3.31. The first-order valence-electron chi connectivity index (χ1n) is 10.7. The largest absolute Gasteiger partial charge is 0.336 e. The Morgan fingerprint density at radius 3 is 2.45 bits per heavy atom. The molecule has 1 aromatic heterocycles. The van der Waals surface area contributed by atoms with Crippen molar-refractivity contribution in [1.29, 1.82) is 0 Å². The molecule has 162 valence electrons. The smallest absolute Gasteiger partial charge is 0.254 e. The Balaban J connectivity index is 1.32. The van der Waals surface area contributed by atoms with Gasteiger partial charge in [0.25, 0.3) is 5.91 Å². The molecule has 1 amide bonds. The number of fused-ring (bicyclic) bond motifs is 1. The third-order valence-electron chi connectivity index (χ3n) is 6.41. The second kappa shape index (κ2) is 7.76. The summed E-state index contributed by atoms with van der Waals surface area (Å²) < 4.78 is 25.6. The van der Waals surface area contributed by atoms with E-state index in [0.29, 0.717) is 25.1 Å². The van der Waals surface area contributed by atoms with Crippen LogP contribution in [0.2, 0.25) is 0 Å². The van der Waals surface area contributed by atoms with Gasteiger partial charge < -0.3 is 4.90 Å². The Labute approximate surface area is 182 Å². The number of para-hydroxylation sites is 1. The summed E-state index contributed by atoms with van der Waals surface area (Å²) in [5, 5.41) is 0. The number of nitrogens with zero attached hydrogens (tertiary/aromatic N) is 4. The van der Waals surface area contributed by atoms with Crippen LogP contribution in [0, 0.1) is 6.92 Å². The molecule has 0 saturated carbocycles. The molecule has 0 spiro atoms. The van der Waals surface area contributed by atoms with E-state index >= 15 is 0 Å². The molecule has 0 aliphatic carbocycles. The highest BCUT2D eigenvalue weighted by molar-refractivity contribution is 7.91. The molecule has 2 aromatic carbocycles. The highest BCUT2D eigenvalue weighted by Gasteiger charge is 2.34. The number of aromatic nitrogens is 2. The number of benzene rings is 2. The molecule has 0 bridgehead atoms. The number of imidazole rings is 1. The molecule has 3 heterocycles. The van der Waals surface area contributed by atoms with Crippen LogP contribution in [0.4, 0.5) is 0 Å². The van der Waals surface area contributed by atoms with Gasteiger partial charge in [0.2, 0.25) is 0 Å². The fourth-order valence-corrected chi connectivity index (χ4v) is 6.53. The summed E-state index contributed by atoms with van der Waals surface area (Å²) in [6.07, 6.45) is 0.705. The van der Waals surface area contributed by atoms with Gasteiger partial charge in [-0.3, -0.25) is 14.3 Å². The minimum absolute atomic E-state index is 0.00695. The van der Waals surface area contributed by atoms with E-state index in [9.17, 15) is 13.2 Å². The van der Waals surface area contributed by atoms with Crippen molar-refractivity contribution < 1.29 is 13.2 Å². The fourth-order valence-electron chi connectivity index (χ4n) is 4.77. The lowest BCUT2D eigenvalue weighted by Gasteiger charge is -2.37. The summed E-state index contributed by atoms with van der Waals surface area (Å²) in [6.45, 7) is 4.64. The van der Waals surface area contributed by atoms with E-state index in [1.807, 2.05) is 60.4 Å². The molecule has 1 atom stereocenters. The van der Waals surface area contributed by atoms with Crippen molar-refractivity contribution in [3.05, 3.63) is 59.9 Å². The van der Waals surface area contributed by atoms with Gasteiger partial charge >= 0.3 is 0 Å². The number of rotatable bonds is 3. The number of carbonyl (C=O) groups excluding carboxylic acids is 1. The molecule has 3 aromatic rings. The number of piperazine rings is 1. The topological polar surface area (TPSA) is 75.5 Å². The van der Waals surface area contributed by atoms with E-state index < -0.39 is 9.84 Å². The van der Waals surface area contributed by atoms with E-state index in [1.165, 1.54) is 0 Å². The maximum Gasteiger partial charge on any atom is 0.254 e. The van der Waals surface area contributed by atoms with Crippen LogP contribution in [0.25, 0.3) is 16.7 Å². The van der Waals surface area contributed by atoms with Gasteiger partial charge in [0.05, 0.1) is 22.5 Å². The van der Waals surface area contributed by atoms with E-state index in [4.69, 9.17) is 0 Å². The zero-order valence-electron chi connectivity index (χ0n) is 17.6. The van der Waals surface area contributed by atoms with Crippen LogP contribution in [0.15, 0.2) is 48.5 Å². The molecule has 0 unspecified atom stereocenters. The quantitative estimate of drug-likeness (QED) is 0.627. The van der Waals surface area contributed by atoms with Crippen LogP contribution in [0.1, 0.15) is 22.6 Å². The maximum absolute atomic E-state index is 13.1. The molecule has 31 heavy (non-hydrogen) atoms. The van der Waals surface area contributed by atoms with Crippen molar-refractivity contribution in [3.8, 4) is 5.69 Å². The molecule has 2 aliphatic rings. The molecular weight excluding hydrogens is 412 g/mol. The average molecular weight is 439 g/mol. The summed E-state index contributed by atoms with van der Waals surface area (Å²) in [5.41, 5.74) is 3.48. The van der Waals surface area contributed by atoms with Crippen LogP contribution in [-0.2, 0) is 9.84 Å². The SMILES string of the molecule is Cc1nc2cc(C(=O)N3CCN([C@H]4CCS(=O)(=O)C4)CC3)ccc2n1-c1ccccc1. The van der Waals surface area contributed by atoms with Gasteiger partial charge in [0.1, 0.15) is 5.82 Å². The first-order valence-corrected chi connectivity index (χ1v) is 12.5. The van der Waals surface area contributed by atoms with Crippen molar-refractivity contribution in [1.82, 2.24) is 19.4 Å². The minimum atomic E-state index is -2.89. The van der Waals surface area contributed by atoms with Crippen LogP contribution in [-0.4, -0.2) is 77.4 Å². The molecule has 8 heteroatoms. The summed E-state index contributed by atoms with van der Waals surface area (Å²) in [6, 6.07) is 15.9. The van der Waals surface area contributed by atoms with Crippen molar-refractivity contribution in [2.45, 2.75) is 19.4 Å². The van der Waals surface area contributed by atoms with Gasteiger partial charge in [-0.1, -0.05) is 18.2 Å². The first-order chi connectivity index (χ1) is 14.9. The third kappa shape index (κ3) is 3.85. The van der Waals surface area contributed by atoms with Gasteiger partial charge in [0.15, 0.2) is 9.84 Å². The lowest BCUT2D eigenvalue weighted by atomic mass is 10.1. The number of aryl methyl sites for hydroxylation is 1. The van der Waals surface area contributed by atoms with E-state index in [-0.39, 0.29) is 23.5 Å². The van der Waals surface area contributed by atoms with Gasteiger partial charge in [-0.15, -0.1) is 0 Å². The Hall–Kier alpha value is -2.71. The van der Waals surface area contributed by atoms with Crippen molar-refractivity contribution in [3.63, 3.8) is 0 Å².